The van der Waals surface area contributed by atoms with E-state index in [9.17, 15) is 4.79 Å². The summed E-state index contributed by atoms with van der Waals surface area (Å²) >= 11 is 6.16. The van der Waals surface area contributed by atoms with Gasteiger partial charge in [-0.2, -0.15) is 0 Å². The van der Waals surface area contributed by atoms with Gasteiger partial charge >= 0.3 is 0 Å². The summed E-state index contributed by atoms with van der Waals surface area (Å²) in [7, 11) is 1.54. The van der Waals surface area contributed by atoms with Crippen LogP contribution in [0.4, 0.5) is 0 Å². The third-order valence-electron chi connectivity index (χ3n) is 4.32. The average molecular weight is 397 g/mol. The Bertz CT molecular complexity index is 948. The summed E-state index contributed by atoms with van der Waals surface area (Å²) in [5.74, 6) is 0.831. The zero-order valence-electron chi connectivity index (χ0n) is 15.7. The lowest BCUT2D eigenvalue weighted by atomic mass is 10.1. The molecule has 1 atom stereocenters. The van der Waals surface area contributed by atoms with E-state index in [0.29, 0.717) is 28.7 Å². The molecule has 0 radical (unpaired) electrons. The number of carbonyl (C=O) groups excluding carboxylic acids is 1. The number of benzene rings is 2. The molecule has 1 amide bonds. The highest BCUT2D eigenvalue weighted by atomic mass is 35.5. The summed E-state index contributed by atoms with van der Waals surface area (Å²) in [6.45, 7) is 2.23. The molecule has 1 aromatic heterocycles. The number of hydrogen-bond acceptors (Lipinski definition) is 4. The maximum atomic E-state index is 12.6. The molecule has 3 rings (SSSR count). The lowest BCUT2D eigenvalue weighted by Gasteiger charge is -2.16. The number of amides is 1. The molecule has 0 saturated heterocycles. The van der Waals surface area contributed by atoms with Gasteiger partial charge in [-0.05, 0) is 48.9 Å². The van der Waals surface area contributed by atoms with Crippen LogP contribution in [0.5, 0.6) is 11.5 Å². The van der Waals surface area contributed by atoms with Crippen molar-refractivity contribution in [3.63, 3.8) is 0 Å². The Morgan fingerprint density at radius 3 is 2.57 bits per heavy atom. The quantitative estimate of drug-likeness (QED) is 0.622. The summed E-state index contributed by atoms with van der Waals surface area (Å²) in [6.07, 6.45) is 3.40. The standard InChI is InChI=1S/C22H21ClN2O3/c1-15(16-9-11-24-12-10-16)25-22(26)17-7-8-20(21(13-17)27-2)28-14-18-5-3-4-6-19(18)23/h3-13,15H,14H2,1-2H3,(H,25,26). The largest absolute Gasteiger partial charge is 0.493 e. The highest BCUT2D eigenvalue weighted by Gasteiger charge is 2.14. The normalized spacial score (nSPS) is 11.5. The number of pyridine rings is 1. The Morgan fingerprint density at radius 2 is 1.86 bits per heavy atom. The molecule has 0 fully saturated rings. The van der Waals surface area contributed by atoms with Crippen LogP contribution in [0.25, 0.3) is 0 Å². The van der Waals surface area contributed by atoms with Crippen molar-refractivity contribution in [3.8, 4) is 11.5 Å². The summed E-state index contributed by atoms with van der Waals surface area (Å²) < 4.78 is 11.2. The van der Waals surface area contributed by atoms with E-state index < -0.39 is 0 Å². The fraction of sp³-hybridized carbons (Fsp3) is 0.182. The predicted molar refractivity (Wildman–Crippen MR) is 109 cm³/mol. The van der Waals surface area contributed by atoms with Gasteiger partial charge in [0.15, 0.2) is 11.5 Å². The number of nitrogens with zero attached hydrogens (tertiary/aromatic N) is 1. The molecule has 1 unspecified atom stereocenters. The van der Waals surface area contributed by atoms with E-state index in [2.05, 4.69) is 10.3 Å². The Labute approximate surface area is 169 Å². The Morgan fingerprint density at radius 1 is 1.11 bits per heavy atom. The van der Waals surface area contributed by atoms with Gasteiger partial charge in [0.1, 0.15) is 6.61 Å². The maximum absolute atomic E-state index is 12.6. The minimum atomic E-state index is -0.194. The first-order valence-corrected chi connectivity index (χ1v) is 9.21. The molecule has 0 saturated carbocycles. The van der Waals surface area contributed by atoms with Gasteiger partial charge in [-0.15, -0.1) is 0 Å². The molecule has 0 aliphatic heterocycles. The van der Waals surface area contributed by atoms with Crippen LogP contribution in [-0.2, 0) is 6.61 Å². The van der Waals surface area contributed by atoms with Gasteiger partial charge in [-0.1, -0.05) is 29.8 Å². The lowest BCUT2D eigenvalue weighted by Crippen LogP contribution is -2.26. The first-order chi connectivity index (χ1) is 13.6. The van der Waals surface area contributed by atoms with E-state index in [0.717, 1.165) is 11.1 Å². The van der Waals surface area contributed by atoms with E-state index >= 15 is 0 Å². The molecule has 28 heavy (non-hydrogen) atoms. The fourth-order valence-electron chi connectivity index (χ4n) is 2.71. The smallest absolute Gasteiger partial charge is 0.251 e. The Balaban J connectivity index is 1.70. The van der Waals surface area contributed by atoms with Crippen LogP contribution in [0.3, 0.4) is 0 Å². The van der Waals surface area contributed by atoms with E-state index in [1.165, 1.54) is 0 Å². The first kappa shape index (κ1) is 19.7. The van der Waals surface area contributed by atoms with Gasteiger partial charge in [0, 0.05) is 28.5 Å². The number of ether oxygens (including phenoxy) is 2. The van der Waals surface area contributed by atoms with Crippen LogP contribution in [0.1, 0.15) is 34.5 Å². The highest BCUT2D eigenvalue weighted by molar-refractivity contribution is 6.31. The zero-order valence-corrected chi connectivity index (χ0v) is 16.4. The summed E-state index contributed by atoms with van der Waals surface area (Å²) in [5.41, 5.74) is 2.34. The van der Waals surface area contributed by atoms with E-state index in [1.54, 1.807) is 37.7 Å². The first-order valence-electron chi connectivity index (χ1n) is 8.83. The number of rotatable bonds is 7. The summed E-state index contributed by atoms with van der Waals surface area (Å²) in [6, 6.07) is 16.2. The lowest BCUT2D eigenvalue weighted by molar-refractivity contribution is 0.0939. The molecule has 0 bridgehead atoms. The number of aromatic nitrogens is 1. The van der Waals surface area contributed by atoms with Gasteiger partial charge in [-0.25, -0.2) is 0 Å². The molecule has 2 aromatic carbocycles. The van der Waals surface area contributed by atoms with Crippen LogP contribution < -0.4 is 14.8 Å². The van der Waals surface area contributed by atoms with Gasteiger partial charge in [0.2, 0.25) is 0 Å². The monoisotopic (exact) mass is 396 g/mol. The van der Waals surface area contributed by atoms with Crippen molar-refractivity contribution in [1.82, 2.24) is 10.3 Å². The van der Waals surface area contributed by atoms with Crippen LogP contribution >= 0.6 is 11.6 Å². The second-order valence-corrected chi connectivity index (χ2v) is 6.63. The van der Waals surface area contributed by atoms with Crippen molar-refractivity contribution in [2.45, 2.75) is 19.6 Å². The SMILES string of the molecule is COc1cc(C(=O)NC(C)c2ccncc2)ccc1OCc1ccccc1Cl. The molecule has 0 spiro atoms. The van der Waals surface area contributed by atoms with Crippen molar-refractivity contribution >= 4 is 17.5 Å². The molecule has 144 valence electrons. The molecule has 0 aliphatic rings. The van der Waals surface area contributed by atoms with E-state index in [1.807, 2.05) is 43.3 Å². The highest BCUT2D eigenvalue weighted by Crippen LogP contribution is 2.30. The zero-order chi connectivity index (χ0) is 19.9. The second kappa shape index (κ2) is 9.24. The Kier molecular flexibility index (Phi) is 6.50. The number of nitrogens with one attached hydrogen (secondary N) is 1. The molecule has 1 heterocycles. The van der Waals surface area contributed by atoms with Crippen molar-refractivity contribution in [1.29, 1.82) is 0 Å². The van der Waals surface area contributed by atoms with E-state index in [-0.39, 0.29) is 11.9 Å². The second-order valence-electron chi connectivity index (χ2n) is 6.22. The minimum Gasteiger partial charge on any atom is -0.493 e. The van der Waals surface area contributed by atoms with Gasteiger partial charge in [-0.3, -0.25) is 9.78 Å². The molecular formula is C22H21ClN2O3. The number of methoxy groups -OCH3 is 1. The van der Waals surface area contributed by atoms with Crippen LogP contribution in [0, 0.1) is 0 Å². The van der Waals surface area contributed by atoms with Crippen LogP contribution in [0.15, 0.2) is 67.0 Å². The molecular weight excluding hydrogens is 376 g/mol. The van der Waals surface area contributed by atoms with Crippen LogP contribution in [-0.4, -0.2) is 18.0 Å². The van der Waals surface area contributed by atoms with E-state index in [4.69, 9.17) is 21.1 Å². The minimum absolute atomic E-state index is 0.141. The predicted octanol–water partition coefficient (Wildman–Crippen LogP) is 4.81. The third-order valence-corrected chi connectivity index (χ3v) is 4.69. The van der Waals surface area contributed by atoms with Crippen molar-refractivity contribution in [2.75, 3.05) is 7.11 Å². The van der Waals surface area contributed by atoms with Crippen molar-refractivity contribution < 1.29 is 14.3 Å². The number of carbonyl (C=O) groups is 1. The molecule has 1 N–H and O–H groups in total. The molecule has 6 heteroatoms. The van der Waals surface area contributed by atoms with Gasteiger partial charge in [0.05, 0.1) is 13.2 Å². The topological polar surface area (TPSA) is 60.5 Å². The average Bonchev–Trinajstić information content (AvgIpc) is 2.73. The summed E-state index contributed by atoms with van der Waals surface area (Å²) in [5, 5.41) is 3.61. The number of hydrogen-bond donors (Lipinski definition) is 1. The van der Waals surface area contributed by atoms with Gasteiger partial charge < -0.3 is 14.8 Å². The number of halogens is 1. The Hall–Kier alpha value is -3.05. The van der Waals surface area contributed by atoms with Crippen molar-refractivity contribution in [2.24, 2.45) is 0 Å². The fourth-order valence-corrected chi connectivity index (χ4v) is 2.90. The van der Waals surface area contributed by atoms with Gasteiger partial charge in [0.25, 0.3) is 5.91 Å². The van der Waals surface area contributed by atoms with Crippen LogP contribution in [0.2, 0.25) is 5.02 Å². The molecule has 3 aromatic rings. The summed E-state index contributed by atoms with van der Waals surface area (Å²) in [4.78, 5) is 16.6. The molecule has 5 nitrogen and oxygen atoms in total. The molecule has 0 aliphatic carbocycles. The third kappa shape index (κ3) is 4.81. The van der Waals surface area contributed by atoms with Crippen molar-refractivity contribution in [3.05, 3.63) is 88.7 Å². The maximum Gasteiger partial charge on any atom is 0.251 e.